The largest absolute Gasteiger partial charge is 0.493 e. The first-order chi connectivity index (χ1) is 8.72. The number of benzene rings is 1. The van der Waals surface area contributed by atoms with Gasteiger partial charge in [0.2, 0.25) is 0 Å². The Bertz CT molecular complexity index is 469. The van der Waals surface area contributed by atoms with Crippen LogP contribution in [0.5, 0.6) is 11.5 Å². The average molecular weight is 349 g/mol. The van der Waals surface area contributed by atoms with Gasteiger partial charge in [-0.1, -0.05) is 15.9 Å². The Balaban J connectivity index is 0.00000133. The van der Waals surface area contributed by atoms with Crippen LogP contribution in [0.15, 0.2) is 16.6 Å². The zero-order valence-corrected chi connectivity index (χ0v) is 13.6. The molecule has 0 amide bonds. The summed E-state index contributed by atoms with van der Waals surface area (Å²) in [6, 6.07) is 4.53. The van der Waals surface area contributed by atoms with E-state index in [9.17, 15) is 0 Å². The fourth-order valence-electron chi connectivity index (χ4n) is 3.19. The van der Waals surface area contributed by atoms with Crippen molar-refractivity contribution in [3.05, 3.63) is 22.2 Å². The second-order valence-electron chi connectivity index (χ2n) is 5.10. The van der Waals surface area contributed by atoms with Crippen molar-refractivity contribution in [1.82, 2.24) is 4.90 Å². The standard InChI is InChI=1S/C14H18BrNO2.ClH/c1-16-7-3-4-9-11(16)8-18-14-12(17-2)6-5-10(15)13(9)14;/h5-6,9,11H,3-4,7-8H2,1-2H3;1H/t9-,11+;/m0./s1. The smallest absolute Gasteiger partial charge is 0.165 e. The number of likely N-dealkylation sites (N-methyl/N-ethyl adjacent to an activating group) is 1. The predicted molar refractivity (Wildman–Crippen MR) is 81.8 cm³/mol. The van der Waals surface area contributed by atoms with Crippen LogP contribution in [0.4, 0.5) is 0 Å². The van der Waals surface area contributed by atoms with E-state index in [-0.39, 0.29) is 12.4 Å². The molecule has 0 aromatic heterocycles. The molecule has 2 aliphatic rings. The van der Waals surface area contributed by atoms with Crippen LogP contribution < -0.4 is 9.47 Å². The molecule has 0 bridgehead atoms. The van der Waals surface area contributed by atoms with Crippen molar-refractivity contribution < 1.29 is 9.47 Å². The second kappa shape index (κ2) is 5.90. The maximum Gasteiger partial charge on any atom is 0.165 e. The van der Waals surface area contributed by atoms with Gasteiger partial charge in [-0.15, -0.1) is 12.4 Å². The molecule has 2 atom stereocenters. The van der Waals surface area contributed by atoms with Crippen LogP contribution in [0.2, 0.25) is 0 Å². The highest BCUT2D eigenvalue weighted by Gasteiger charge is 2.38. The van der Waals surface area contributed by atoms with Crippen LogP contribution in [0.1, 0.15) is 24.3 Å². The van der Waals surface area contributed by atoms with Gasteiger partial charge in [0.25, 0.3) is 0 Å². The summed E-state index contributed by atoms with van der Waals surface area (Å²) in [6.07, 6.45) is 2.48. The number of hydrogen-bond acceptors (Lipinski definition) is 3. The van der Waals surface area contributed by atoms with Crippen LogP contribution >= 0.6 is 28.3 Å². The molecule has 0 saturated carbocycles. The second-order valence-corrected chi connectivity index (χ2v) is 5.95. The molecule has 1 saturated heterocycles. The average Bonchev–Trinajstić information content (AvgIpc) is 2.39. The highest BCUT2D eigenvalue weighted by atomic mass is 79.9. The lowest BCUT2D eigenvalue weighted by Crippen LogP contribution is -2.47. The molecule has 3 nitrogen and oxygen atoms in total. The molecular weight excluding hydrogens is 330 g/mol. The first-order valence-electron chi connectivity index (χ1n) is 6.41. The molecule has 0 unspecified atom stereocenters. The zero-order chi connectivity index (χ0) is 12.7. The molecule has 0 radical (unpaired) electrons. The number of halogens is 2. The summed E-state index contributed by atoms with van der Waals surface area (Å²) in [5.41, 5.74) is 1.29. The Morgan fingerprint density at radius 2 is 2.21 bits per heavy atom. The quantitative estimate of drug-likeness (QED) is 0.776. The minimum Gasteiger partial charge on any atom is -0.493 e. The van der Waals surface area contributed by atoms with E-state index >= 15 is 0 Å². The normalized spacial score (nSPS) is 25.6. The van der Waals surface area contributed by atoms with Gasteiger partial charge in [-0.05, 0) is 38.6 Å². The molecule has 2 heterocycles. The summed E-state index contributed by atoms with van der Waals surface area (Å²) >= 11 is 3.67. The summed E-state index contributed by atoms with van der Waals surface area (Å²) in [5.74, 6) is 2.33. The fourth-order valence-corrected chi connectivity index (χ4v) is 3.79. The van der Waals surface area contributed by atoms with Crippen molar-refractivity contribution >= 4 is 28.3 Å². The van der Waals surface area contributed by atoms with Crippen LogP contribution in [0, 0.1) is 0 Å². The van der Waals surface area contributed by atoms with E-state index in [4.69, 9.17) is 9.47 Å². The SMILES string of the molecule is COc1ccc(Br)c2c1OC[C@@H]1[C@@H]2CCCN1C.Cl. The third-order valence-electron chi connectivity index (χ3n) is 4.15. The Kier molecular flexibility index (Phi) is 4.64. The molecule has 3 rings (SSSR count). The third-order valence-corrected chi connectivity index (χ3v) is 4.84. The molecule has 1 fully saturated rings. The number of nitrogens with zero attached hydrogens (tertiary/aromatic N) is 1. The van der Waals surface area contributed by atoms with Gasteiger partial charge in [0.05, 0.1) is 13.2 Å². The van der Waals surface area contributed by atoms with Crippen LogP contribution in [-0.4, -0.2) is 38.3 Å². The number of fused-ring (bicyclic) bond motifs is 3. The number of hydrogen-bond donors (Lipinski definition) is 0. The molecule has 106 valence electrons. The van der Waals surface area contributed by atoms with Gasteiger partial charge in [-0.3, -0.25) is 4.90 Å². The van der Waals surface area contributed by atoms with E-state index < -0.39 is 0 Å². The zero-order valence-electron chi connectivity index (χ0n) is 11.2. The van der Waals surface area contributed by atoms with Gasteiger partial charge in [0, 0.05) is 16.0 Å². The fraction of sp³-hybridized carbons (Fsp3) is 0.571. The number of piperidine rings is 1. The maximum atomic E-state index is 5.97. The lowest BCUT2D eigenvalue weighted by atomic mass is 9.82. The predicted octanol–water partition coefficient (Wildman–Crippen LogP) is 3.45. The van der Waals surface area contributed by atoms with E-state index in [1.165, 1.54) is 24.9 Å². The number of methoxy groups -OCH3 is 1. The van der Waals surface area contributed by atoms with Crippen LogP contribution in [0.3, 0.4) is 0 Å². The van der Waals surface area contributed by atoms with E-state index in [1.54, 1.807) is 7.11 Å². The first kappa shape index (κ1) is 14.9. The third kappa shape index (κ3) is 2.46. The Labute approximate surface area is 128 Å². The minimum absolute atomic E-state index is 0. The summed E-state index contributed by atoms with van der Waals surface area (Å²) in [6.45, 7) is 1.93. The molecular formula is C14H19BrClNO2. The molecule has 19 heavy (non-hydrogen) atoms. The Hall–Kier alpha value is -0.450. The summed E-state index contributed by atoms with van der Waals surface area (Å²) in [7, 11) is 3.89. The molecule has 2 aliphatic heterocycles. The van der Waals surface area contributed by atoms with Crippen molar-refractivity contribution in [3.8, 4) is 11.5 Å². The maximum absolute atomic E-state index is 5.97. The van der Waals surface area contributed by atoms with Crippen molar-refractivity contribution in [1.29, 1.82) is 0 Å². The molecule has 0 aliphatic carbocycles. The lowest BCUT2D eigenvalue weighted by molar-refractivity contribution is 0.0843. The van der Waals surface area contributed by atoms with Crippen LogP contribution in [-0.2, 0) is 0 Å². The number of ether oxygens (including phenoxy) is 2. The molecule has 5 heteroatoms. The van der Waals surface area contributed by atoms with E-state index in [1.807, 2.05) is 6.07 Å². The van der Waals surface area contributed by atoms with Gasteiger partial charge in [-0.25, -0.2) is 0 Å². The number of rotatable bonds is 1. The number of likely N-dealkylation sites (tertiary alicyclic amines) is 1. The van der Waals surface area contributed by atoms with E-state index in [0.29, 0.717) is 12.0 Å². The summed E-state index contributed by atoms with van der Waals surface area (Å²) < 4.78 is 12.5. The molecule has 0 N–H and O–H groups in total. The van der Waals surface area contributed by atoms with Gasteiger partial charge in [0.15, 0.2) is 11.5 Å². The van der Waals surface area contributed by atoms with Crippen molar-refractivity contribution in [2.45, 2.75) is 24.8 Å². The molecule has 1 aromatic rings. The summed E-state index contributed by atoms with van der Waals surface area (Å²) in [5, 5.41) is 0. The first-order valence-corrected chi connectivity index (χ1v) is 7.21. The highest BCUT2D eigenvalue weighted by molar-refractivity contribution is 9.10. The topological polar surface area (TPSA) is 21.7 Å². The van der Waals surface area contributed by atoms with Gasteiger partial charge >= 0.3 is 0 Å². The van der Waals surface area contributed by atoms with E-state index in [0.717, 1.165) is 22.6 Å². The Morgan fingerprint density at radius 3 is 2.95 bits per heavy atom. The monoisotopic (exact) mass is 347 g/mol. The van der Waals surface area contributed by atoms with Gasteiger partial charge < -0.3 is 9.47 Å². The van der Waals surface area contributed by atoms with Gasteiger partial charge in [-0.2, -0.15) is 0 Å². The minimum atomic E-state index is 0. The van der Waals surface area contributed by atoms with Crippen LogP contribution in [0.25, 0.3) is 0 Å². The lowest BCUT2D eigenvalue weighted by Gasteiger charge is -2.43. The van der Waals surface area contributed by atoms with Crippen molar-refractivity contribution in [3.63, 3.8) is 0 Å². The van der Waals surface area contributed by atoms with Crippen molar-refractivity contribution in [2.24, 2.45) is 0 Å². The highest BCUT2D eigenvalue weighted by Crippen LogP contribution is 2.48. The molecule has 1 aromatic carbocycles. The summed E-state index contributed by atoms with van der Waals surface area (Å²) in [4.78, 5) is 2.42. The van der Waals surface area contributed by atoms with Crippen molar-refractivity contribution in [2.75, 3.05) is 27.3 Å². The Morgan fingerprint density at radius 1 is 1.42 bits per heavy atom. The molecule has 0 spiro atoms. The van der Waals surface area contributed by atoms with Gasteiger partial charge in [0.1, 0.15) is 6.61 Å². The van der Waals surface area contributed by atoms with E-state index in [2.05, 4.69) is 33.9 Å².